The first kappa shape index (κ1) is 43.0. The molecule has 0 saturated carbocycles. The molecular weight excluding hydrogens is 756 g/mol. The Morgan fingerprint density at radius 3 is 2.10 bits per heavy atom. The van der Waals surface area contributed by atoms with Gasteiger partial charge >= 0.3 is 0 Å². The minimum atomic E-state index is -1.78. The van der Waals surface area contributed by atoms with Gasteiger partial charge in [0.15, 0.2) is 6.29 Å². The molecule has 12 atom stereocenters. The SMILES string of the molecule is COc1ccc2cc(COC[C@H]3O[C@H](O[C@H]4[C@H](O)[C@H](O)[C@@H](Oc5ccc(C[C@H](C=O)NC(=O)[C@@H](N)Cc6ccccc6)cc5)O[C@@H]4CO)[C@@H](O)[C@@H](O)[C@@H]3O)ccc2c1. The topological polar surface area (TPSA) is 249 Å². The standard InChI is InChI=1S/C42H50N2O14/c1-53-30-14-11-26-15-25(7-10-27(26)18-30)21-54-22-33-34(47)35(48)37(50)42(57-33)58-39-32(20-46)56-41(38(51)36(39)49)55-29-12-8-24(9-13-29)16-28(19-45)44-40(52)31(43)17-23-5-3-2-4-6-23/h2-15,18-19,28,31-39,41-42,46-51H,16-17,20-22,43H2,1H3,(H,44,52)/t28-,31+,32-,33-,34-,35+,36-,37+,38+,39-,41+,42-/m1/s1. The molecule has 58 heavy (non-hydrogen) atoms. The van der Waals surface area contributed by atoms with Gasteiger partial charge in [0.1, 0.15) is 66.6 Å². The molecule has 2 aliphatic rings. The minimum absolute atomic E-state index is 0.138. The third-order valence-electron chi connectivity index (χ3n) is 10.2. The van der Waals surface area contributed by atoms with E-state index >= 15 is 0 Å². The Morgan fingerprint density at radius 1 is 0.759 bits per heavy atom. The smallest absolute Gasteiger partial charge is 0.237 e. The number of benzene rings is 4. The summed E-state index contributed by atoms with van der Waals surface area (Å²) in [6, 6.07) is 25.4. The molecule has 4 aromatic rings. The summed E-state index contributed by atoms with van der Waals surface area (Å²) in [5.74, 6) is 0.474. The first-order valence-electron chi connectivity index (χ1n) is 18.9. The van der Waals surface area contributed by atoms with E-state index < -0.39 is 86.0 Å². The van der Waals surface area contributed by atoms with Crippen molar-refractivity contribution >= 4 is 23.0 Å². The maximum atomic E-state index is 12.7. The van der Waals surface area contributed by atoms with Gasteiger partial charge in [-0.1, -0.05) is 60.7 Å². The number of aliphatic hydroxyl groups is 6. The van der Waals surface area contributed by atoms with Crippen LogP contribution in [-0.4, -0.2) is 137 Å². The molecule has 2 saturated heterocycles. The number of hydrogen-bond acceptors (Lipinski definition) is 15. The normalized spacial score (nSPS) is 28.3. The minimum Gasteiger partial charge on any atom is -0.497 e. The highest BCUT2D eigenvalue weighted by Gasteiger charge is 2.51. The van der Waals surface area contributed by atoms with Gasteiger partial charge in [-0.3, -0.25) is 4.79 Å². The number of hydrogen-bond donors (Lipinski definition) is 8. The van der Waals surface area contributed by atoms with Crippen LogP contribution >= 0.6 is 0 Å². The second-order valence-electron chi connectivity index (χ2n) is 14.4. The van der Waals surface area contributed by atoms with E-state index in [1.54, 1.807) is 19.2 Å². The molecule has 1 amide bonds. The van der Waals surface area contributed by atoms with Gasteiger partial charge in [0, 0.05) is 0 Å². The van der Waals surface area contributed by atoms with Crippen LogP contribution in [-0.2, 0) is 48.0 Å². The third-order valence-corrected chi connectivity index (χ3v) is 10.2. The number of nitrogens with one attached hydrogen (secondary N) is 1. The maximum absolute atomic E-state index is 12.7. The van der Waals surface area contributed by atoms with Crippen LogP contribution in [0, 0.1) is 0 Å². The van der Waals surface area contributed by atoms with Crippen LogP contribution in [0.25, 0.3) is 10.8 Å². The second kappa shape index (κ2) is 19.9. The predicted molar refractivity (Wildman–Crippen MR) is 206 cm³/mol. The van der Waals surface area contributed by atoms with Crippen molar-refractivity contribution in [2.75, 3.05) is 20.3 Å². The van der Waals surface area contributed by atoms with Crippen molar-refractivity contribution in [1.82, 2.24) is 5.32 Å². The summed E-state index contributed by atoms with van der Waals surface area (Å²) < 4.78 is 34.3. The molecule has 16 nitrogen and oxygen atoms in total. The van der Waals surface area contributed by atoms with Crippen LogP contribution in [0.1, 0.15) is 16.7 Å². The zero-order valence-electron chi connectivity index (χ0n) is 31.7. The highest BCUT2D eigenvalue weighted by molar-refractivity contribution is 5.85. The van der Waals surface area contributed by atoms with Gasteiger partial charge in [-0.25, -0.2) is 0 Å². The molecule has 0 radical (unpaired) electrons. The van der Waals surface area contributed by atoms with E-state index in [1.807, 2.05) is 66.7 Å². The Bertz CT molecular complexity index is 1930. The lowest BCUT2D eigenvalue weighted by Crippen LogP contribution is -2.65. The highest BCUT2D eigenvalue weighted by Crippen LogP contribution is 2.31. The maximum Gasteiger partial charge on any atom is 0.237 e. The lowest BCUT2D eigenvalue weighted by molar-refractivity contribution is -0.353. The summed E-state index contributed by atoms with van der Waals surface area (Å²) in [6.07, 6.45) is -14.5. The molecule has 2 aliphatic heterocycles. The molecule has 9 N–H and O–H groups in total. The zero-order chi connectivity index (χ0) is 41.3. The summed E-state index contributed by atoms with van der Waals surface area (Å²) in [5.41, 5.74) is 8.45. The van der Waals surface area contributed by atoms with Crippen LogP contribution in [0.5, 0.6) is 11.5 Å². The van der Waals surface area contributed by atoms with E-state index in [1.165, 1.54) is 12.1 Å². The van der Waals surface area contributed by atoms with Gasteiger partial charge in [-0.15, -0.1) is 0 Å². The number of rotatable bonds is 17. The molecule has 2 fully saturated rings. The molecule has 0 spiro atoms. The monoisotopic (exact) mass is 806 g/mol. The summed E-state index contributed by atoms with van der Waals surface area (Å²) in [6.45, 7) is -0.775. The Hall–Kier alpha value is -4.56. The van der Waals surface area contributed by atoms with Crippen molar-refractivity contribution in [2.45, 2.75) is 92.9 Å². The number of ether oxygens (including phenoxy) is 6. The summed E-state index contributed by atoms with van der Waals surface area (Å²) in [5, 5.41) is 69.0. The Kier molecular flexibility index (Phi) is 14.8. The molecule has 4 aromatic carbocycles. The first-order chi connectivity index (χ1) is 28.0. The average molecular weight is 807 g/mol. The summed E-state index contributed by atoms with van der Waals surface area (Å²) in [4.78, 5) is 24.5. The molecule has 6 rings (SSSR count). The largest absolute Gasteiger partial charge is 0.497 e. The van der Waals surface area contributed by atoms with Crippen molar-refractivity contribution in [2.24, 2.45) is 5.73 Å². The number of aliphatic hydroxyl groups excluding tert-OH is 6. The second-order valence-corrected chi connectivity index (χ2v) is 14.4. The molecule has 0 aromatic heterocycles. The zero-order valence-corrected chi connectivity index (χ0v) is 31.7. The predicted octanol–water partition coefficient (Wildman–Crippen LogP) is -0.128. The van der Waals surface area contributed by atoms with Crippen LogP contribution < -0.4 is 20.5 Å². The van der Waals surface area contributed by atoms with E-state index in [2.05, 4.69) is 5.32 Å². The van der Waals surface area contributed by atoms with Crippen LogP contribution in [0.4, 0.5) is 0 Å². The van der Waals surface area contributed by atoms with Crippen molar-refractivity contribution in [3.63, 3.8) is 0 Å². The highest BCUT2D eigenvalue weighted by atomic mass is 16.7. The lowest BCUT2D eigenvalue weighted by atomic mass is 9.97. The number of amides is 1. The van der Waals surface area contributed by atoms with Crippen molar-refractivity contribution in [1.29, 1.82) is 0 Å². The number of carbonyl (C=O) groups excluding carboxylic acids is 2. The van der Waals surface area contributed by atoms with E-state index in [9.17, 15) is 40.2 Å². The quantitative estimate of drug-likeness (QED) is 0.0648. The number of methoxy groups -OCH3 is 1. The number of nitrogens with two attached hydrogens (primary N) is 1. The van der Waals surface area contributed by atoms with E-state index in [0.29, 0.717) is 18.3 Å². The van der Waals surface area contributed by atoms with E-state index in [4.69, 9.17) is 34.2 Å². The number of aldehydes is 1. The van der Waals surface area contributed by atoms with E-state index in [0.717, 1.165) is 27.6 Å². The molecular formula is C42H50N2O14. The third kappa shape index (κ3) is 10.5. The van der Waals surface area contributed by atoms with Gasteiger partial charge in [0.25, 0.3) is 0 Å². The average Bonchev–Trinajstić information content (AvgIpc) is 3.24. The van der Waals surface area contributed by atoms with E-state index in [-0.39, 0.29) is 25.4 Å². The number of fused-ring (bicyclic) bond motifs is 1. The van der Waals surface area contributed by atoms with Gasteiger partial charge in [0.05, 0.1) is 39.0 Å². The Labute approximate surface area is 334 Å². The van der Waals surface area contributed by atoms with Crippen molar-refractivity contribution in [3.8, 4) is 11.5 Å². The van der Waals surface area contributed by atoms with Crippen LogP contribution in [0.15, 0.2) is 91.0 Å². The van der Waals surface area contributed by atoms with Gasteiger partial charge in [-0.2, -0.15) is 0 Å². The molecule has 2 heterocycles. The fraction of sp³-hybridized carbons (Fsp3) is 0.429. The fourth-order valence-corrected chi connectivity index (χ4v) is 6.90. The molecule has 16 heteroatoms. The first-order valence-corrected chi connectivity index (χ1v) is 18.9. The Morgan fingerprint density at radius 2 is 1.40 bits per heavy atom. The molecule has 0 unspecified atom stereocenters. The van der Waals surface area contributed by atoms with Gasteiger partial charge in [0.2, 0.25) is 12.2 Å². The molecule has 312 valence electrons. The summed E-state index contributed by atoms with van der Waals surface area (Å²) >= 11 is 0. The van der Waals surface area contributed by atoms with Crippen molar-refractivity contribution in [3.05, 3.63) is 108 Å². The fourth-order valence-electron chi connectivity index (χ4n) is 6.90. The molecule has 0 aliphatic carbocycles. The van der Waals surface area contributed by atoms with Crippen molar-refractivity contribution < 1.29 is 68.6 Å². The van der Waals surface area contributed by atoms with Gasteiger partial charge in [-0.05, 0) is 70.6 Å². The Balaban J connectivity index is 1.01. The van der Waals surface area contributed by atoms with Crippen LogP contribution in [0.2, 0.25) is 0 Å². The lowest BCUT2D eigenvalue weighted by Gasteiger charge is -2.46. The summed E-state index contributed by atoms with van der Waals surface area (Å²) in [7, 11) is 1.59. The van der Waals surface area contributed by atoms with Crippen LogP contribution in [0.3, 0.4) is 0 Å². The van der Waals surface area contributed by atoms with Gasteiger partial charge < -0.3 is 74.9 Å². The molecule has 0 bridgehead atoms. The number of carbonyl (C=O) groups is 2.